The van der Waals surface area contributed by atoms with Crippen molar-refractivity contribution in [3.8, 4) is 0 Å². The lowest BCUT2D eigenvalue weighted by Crippen LogP contribution is -2.52. The number of hydrogen-bond donors (Lipinski definition) is 0. The first kappa shape index (κ1) is 15.1. The van der Waals surface area contributed by atoms with Crippen molar-refractivity contribution in [3.63, 3.8) is 0 Å². The molecule has 1 heterocycles. The van der Waals surface area contributed by atoms with Crippen LogP contribution in [0.25, 0.3) is 0 Å². The summed E-state index contributed by atoms with van der Waals surface area (Å²) in [5.41, 5.74) is -1.15. The standard InChI is InChI=1S/C14H22O6/c1-9(15)19-11-7-10(5-6-13(11,2)17-4)14(3)8-18-12(16)20-14/h10-11H,5-8H2,1-4H3. The zero-order valence-electron chi connectivity index (χ0n) is 12.4. The molecule has 1 aliphatic carbocycles. The van der Waals surface area contributed by atoms with Crippen LogP contribution in [0.2, 0.25) is 0 Å². The topological polar surface area (TPSA) is 71.1 Å². The molecule has 0 N–H and O–H groups in total. The van der Waals surface area contributed by atoms with E-state index < -0.39 is 17.4 Å². The molecule has 2 rings (SSSR count). The summed E-state index contributed by atoms with van der Waals surface area (Å²) in [6, 6.07) is 0. The number of esters is 1. The van der Waals surface area contributed by atoms with Gasteiger partial charge in [-0.25, -0.2) is 4.79 Å². The molecule has 1 saturated heterocycles. The van der Waals surface area contributed by atoms with Crippen molar-refractivity contribution in [1.82, 2.24) is 0 Å². The summed E-state index contributed by atoms with van der Waals surface area (Å²) >= 11 is 0. The maximum Gasteiger partial charge on any atom is 0.509 e. The van der Waals surface area contributed by atoms with Crippen molar-refractivity contribution < 1.29 is 28.5 Å². The van der Waals surface area contributed by atoms with E-state index in [1.54, 1.807) is 7.11 Å². The van der Waals surface area contributed by atoms with Crippen LogP contribution in [0.3, 0.4) is 0 Å². The predicted molar refractivity (Wildman–Crippen MR) is 69.1 cm³/mol. The second-order valence-corrected chi connectivity index (χ2v) is 6.04. The Morgan fingerprint density at radius 1 is 1.40 bits per heavy atom. The van der Waals surface area contributed by atoms with Crippen molar-refractivity contribution in [2.24, 2.45) is 5.92 Å². The van der Waals surface area contributed by atoms with Gasteiger partial charge in [0.1, 0.15) is 23.9 Å². The van der Waals surface area contributed by atoms with E-state index in [4.69, 9.17) is 18.9 Å². The summed E-state index contributed by atoms with van der Waals surface area (Å²) in [5.74, 6) is -0.245. The molecule has 20 heavy (non-hydrogen) atoms. The lowest BCUT2D eigenvalue weighted by atomic mass is 9.71. The average molecular weight is 286 g/mol. The fourth-order valence-electron chi connectivity index (χ4n) is 3.06. The Kier molecular flexibility index (Phi) is 3.95. The van der Waals surface area contributed by atoms with Crippen LogP contribution in [0.1, 0.15) is 40.0 Å². The molecular weight excluding hydrogens is 264 g/mol. The first-order chi connectivity index (χ1) is 9.29. The third-order valence-electron chi connectivity index (χ3n) is 4.60. The van der Waals surface area contributed by atoms with E-state index in [9.17, 15) is 9.59 Å². The number of carbonyl (C=O) groups is 2. The molecule has 114 valence electrons. The molecule has 4 atom stereocenters. The maximum absolute atomic E-state index is 11.3. The van der Waals surface area contributed by atoms with Crippen LogP contribution >= 0.6 is 0 Å². The van der Waals surface area contributed by atoms with E-state index in [0.29, 0.717) is 6.42 Å². The normalized spacial score (nSPS) is 40.9. The second-order valence-electron chi connectivity index (χ2n) is 6.04. The molecule has 0 spiro atoms. The molecule has 0 aromatic rings. The lowest BCUT2D eigenvalue weighted by molar-refractivity contribution is -0.181. The number of cyclic esters (lactones) is 2. The van der Waals surface area contributed by atoms with Crippen molar-refractivity contribution >= 4 is 12.1 Å². The third-order valence-corrected chi connectivity index (χ3v) is 4.60. The minimum Gasteiger partial charge on any atom is -0.459 e. The zero-order chi connectivity index (χ0) is 15.0. The average Bonchev–Trinajstić information content (AvgIpc) is 2.72. The predicted octanol–water partition coefficient (Wildman–Crippen LogP) is 2.05. The number of methoxy groups -OCH3 is 1. The molecule has 2 aliphatic rings. The molecule has 1 saturated carbocycles. The van der Waals surface area contributed by atoms with Crippen LogP contribution < -0.4 is 0 Å². The van der Waals surface area contributed by atoms with E-state index in [2.05, 4.69) is 0 Å². The molecule has 0 radical (unpaired) electrons. The SMILES string of the molecule is COC1(C)CCC(C2(C)COC(=O)O2)CC1OC(C)=O. The molecular formula is C14H22O6. The van der Waals surface area contributed by atoms with Gasteiger partial charge in [-0.15, -0.1) is 0 Å². The Balaban J connectivity index is 2.12. The van der Waals surface area contributed by atoms with E-state index in [1.165, 1.54) is 6.92 Å². The zero-order valence-corrected chi connectivity index (χ0v) is 12.4. The van der Waals surface area contributed by atoms with Gasteiger partial charge in [-0.05, 0) is 33.1 Å². The summed E-state index contributed by atoms with van der Waals surface area (Å²) in [4.78, 5) is 22.5. The first-order valence-corrected chi connectivity index (χ1v) is 6.87. The Morgan fingerprint density at radius 3 is 2.60 bits per heavy atom. The molecule has 0 aromatic heterocycles. The molecule has 6 nitrogen and oxygen atoms in total. The molecule has 1 aliphatic heterocycles. The summed E-state index contributed by atoms with van der Waals surface area (Å²) in [6.07, 6.45) is 1.18. The van der Waals surface area contributed by atoms with Crippen molar-refractivity contribution in [2.45, 2.75) is 57.3 Å². The molecule has 0 aromatic carbocycles. The summed E-state index contributed by atoms with van der Waals surface area (Å²) in [6.45, 7) is 5.44. The monoisotopic (exact) mass is 286 g/mol. The van der Waals surface area contributed by atoms with Crippen molar-refractivity contribution in [1.29, 1.82) is 0 Å². The first-order valence-electron chi connectivity index (χ1n) is 6.87. The van der Waals surface area contributed by atoms with Gasteiger partial charge < -0.3 is 18.9 Å². The Bertz CT molecular complexity index is 408. The van der Waals surface area contributed by atoms with Gasteiger partial charge in [0.15, 0.2) is 0 Å². The molecule has 4 unspecified atom stereocenters. The van der Waals surface area contributed by atoms with Gasteiger partial charge in [0, 0.05) is 20.0 Å². The van der Waals surface area contributed by atoms with Gasteiger partial charge >= 0.3 is 12.1 Å². The van der Waals surface area contributed by atoms with Crippen LogP contribution in [0.15, 0.2) is 0 Å². The Hall–Kier alpha value is -1.30. The highest BCUT2D eigenvalue weighted by atomic mass is 16.8. The summed E-state index contributed by atoms with van der Waals surface area (Å²) in [7, 11) is 1.62. The molecule has 0 amide bonds. The second kappa shape index (κ2) is 5.24. The number of ether oxygens (including phenoxy) is 4. The maximum atomic E-state index is 11.3. The minimum atomic E-state index is -0.648. The lowest BCUT2D eigenvalue weighted by Gasteiger charge is -2.45. The van der Waals surface area contributed by atoms with E-state index in [0.717, 1.165) is 12.8 Å². The smallest absolute Gasteiger partial charge is 0.459 e. The molecule has 6 heteroatoms. The van der Waals surface area contributed by atoms with Crippen LogP contribution in [0.4, 0.5) is 4.79 Å². The summed E-state index contributed by atoms with van der Waals surface area (Å²) < 4.78 is 21.2. The van der Waals surface area contributed by atoms with Gasteiger partial charge in [0.25, 0.3) is 0 Å². The van der Waals surface area contributed by atoms with Crippen LogP contribution in [0.5, 0.6) is 0 Å². The quantitative estimate of drug-likeness (QED) is 0.739. The van der Waals surface area contributed by atoms with Crippen molar-refractivity contribution in [3.05, 3.63) is 0 Å². The Labute approximate surface area is 118 Å². The molecule has 0 bridgehead atoms. The van der Waals surface area contributed by atoms with Crippen LogP contribution in [-0.4, -0.2) is 43.1 Å². The highest BCUT2D eigenvalue weighted by Crippen LogP contribution is 2.43. The van der Waals surface area contributed by atoms with Gasteiger partial charge in [0.2, 0.25) is 0 Å². The fraction of sp³-hybridized carbons (Fsp3) is 0.857. The van der Waals surface area contributed by atoms with Gasteiger partial charge in [-0.2, -0.15) is 0 Å². The number of hydrogen-bond acceptors (Lipinski definition) is 6. The number of carbonyl (C=O) groups excluding carboxylic acids is 2. The van der Waals surface area contributed by atoms with Gasteiger partial charge in [-0.1, -0.05) is 0 Å². The Morgan fingerprint density at radius 2 is 2.10 bits per heavy atom. The van der Waals surface area contributed by atoms with Crippen LogP contribution in [-0.2, 0) is 23.7 Å². The molecule has 2 fully saturated rings. The minimum absolute atomic E-state index is 0.0847. The van der Waals surface area contributed by atoms with E-state index in [-0.39, 0.29) is 24.6 Å². The van der Waals surface area contributed by atoms with Gasteiger partial charge in [-0.3, -0.25) is 4.79 Å². The van der Waals surface area contributed by atoms with Crippen molar-refractivity contribution in [2.75, 3.05) is 13.7 Å². The highest BCUT2D eigenvalue weighted by Gasteiger charge is 2.52. The van der Waals surface area contributed by atoms with Crippen LogP contribution in [0, 0.1) is 5.92 Å². The number of rotatable bonds is 3. The third kappa shape index (κ3) is 2.75. The largest absolute Gasteiger partial charge is 0.509 e. The van der Waals surface area contributed by atoms with Gasteiger partial charge in [0.05, 0.1) is 0 Å². The van der Waals surface area contributed by atoms with E-state index in [1.807, 2.05) is 13.8 Å². The highest BCUT2D eigenvalue weighted by molar-refractivity contribution is 5.66. The summed E-state index contributed by atoms with van der Waals surface area (Å²) in [5, 5.41) is 0. The van der Waals surface area contributed by atoms with E-state index >= 15 is 0 Å². The fourth-order valence-corrected chi connectivity index (χ4v) is 3.06.